The van der Waals surface area contributed by atoms with Crippen molar-refractivity contribution in [3.8, 4) is 0 Å². The molecule has 3 rings (SSSR count). The van der Waals surface area contributed by atoms with Crippen LogP contribution in [0, 0.1) is 0 Å². The maximum absolute atomic E-state index is 6.02. The first kappa shape index (κ1) is 10.5. The summed E-state index contributed by atoms with van der Waals surface area (Å²) in [7, 11) is 2.00. The van der Waals surface area contributed by atoms with Gasteiger partial charge in [0.25, 0.3) is 0 Å². The second kappa shape index (κ2) is 4.00. The Morgan fingerprint density at radius 3 is 3.12 bits per heavy atom. The van der Waals surface area contributed by atoms with Gasteiger partial charge in [0.2, 0.25) is 0 Å². The zero-order valence-corrected chi connectivity index (χ0v) is 10.0. The smallest absolute Gasteiger partial charge is 0.156 e. The molecule has 0 radical (unpaired) electrons. The second-order valence-electron chi connectivity index (χ2n) is 4.71. The number of rotatable bonds is 1. The Morgan fingerprint density at radius 2 is 2.29 bits per heavy atom. The monoisotopic (exact) mass is 231 g/mol. The van der Waals surface area contributed by atoms with E-state index >= 15 is 0 Å². The van der Waals surface area contributed by atoms with E-state index in [4.69, 9.17) is 5.73 Å². The van der Waals surface area contributed by atoms with Gasteiger partial charge in [0.05, 0.1) is 11.8 Å². The van der Waals surface area contributed by atoms with Gasteiger partial charge in [-0.05, 0) is 18.9 Å². The molecule has 1 fully saturated rings. The Labute approximate surface area is 100 Å². The van der Waals surface area contributed by atoms with Crippen LogP contribution < -0.4 is 10.6 Å². The molecule has 90 valence electrons. The Hall–Kier alpha value is -1.62. The number of fused-ring (bicyclic) bond motifs is 1. The molecule has 0 spiro atoms. The number of pyridine rings is 1. The minimum Gasteiger partial charge on any atom is -0.353 e. The molecule has 5 nitrogen and oxygen atoms in total. The minimum absolute atomic E-state index is 0.254. The van der Waals surface area contributed by atoms with Gasteiger partial charge in [-0.25, -0.2) is 9.97 Å². The summed E-state index contributed by atoms with van der Waals surface area (Å²) in [6.45, 7) is 1.90. The lowest BCUT2D eigenvalue weighted by atomic mass is 10.1. The van der Waals surface area contributed by atoms with Gasteiger partial charge in [0.15, 0.2) is 5.82 Å². The van der Waals surface area contributed by atoms with Crippen LogP contribution in [-0.2, 0) is 7.05 Å². The highest BCUT2D eigenvalue weighted by atomic mass is 15.2. The van der Waals surface area contributed by atoms with Gasteiger partial charge in [0.1, 0.15) is 5.52 Å². The average Bonchev–Trinajstić information content (AvgIpc) is 2.71. The number of hydrogen-bond donors (Lipinski definition) is 1. The maximum Gasteiger partial charge on any atom is 0.156 e. The zero-order valence-electron chi connectivity index (χ0n) is 10.0. The van der Waals surface area contributed by atoms with Crippen molar-refractivity contribution in [2.24, 2.45) is 12.8 Å². The summed E-state index contributed by atoms with van der Waals surface area (Å²) in [4.78, 5) is 11.2. The maximum atomic E-state index is 6.02. The Morgan fingerprint density at radius 1 is 1.41 bits per heavy atom. The molecule has 3 heterocycles. The third-order valence-electron chi connectivity index (χ3n) is 3.38. The first-order valence-electron chi connectivity index (χ1n) is 6.02. The molecule has 2 aromatic rings. The molecule has 0 aromatic carbocycles. The van der Waals surface area contributed by atoms with E-state index in [1.54, 1.807) is 0 Å². The lowest BCUT2D eigenvalue weighted by Gasteiger charge is -2.31. The number of aromatic nitrogens is 3. The van der Waals surface area contributed by atoms with Crippen molar-refractivity contribution in [2.45, 2.75) is 18.9 Å². The van der Waals surface area contributed by atoms with Crippen LogP contribution in [0.3, 0.4) is 0 Å². The molecule has 1 aliphatic rings. The van der Waals surface area contributed by atoms with E-state index in [0.717, 1.165) is 42.8 Å². The van der Waals surface area contributed by atoms with Crippen molar-refractivity contribution in [3.05, 3.63) is 18.6 Å². The van der Waals surface area contributed by atoms with E-state index in [9.17, 15) is 0 Å². The van der Waals surface area contributed by atoms with Crippen LogP contribution >= 0.6 is 0 Å². The van der Waals surface area contributed by atoms with Crippen molar-refractivity contribution in [1.82, 2.24) is 14.5 Å². The number of nitrogens with two attached hydrogens (primary N) is 1. The van der Waals surface area contributed by atoms with Gasteiger partial charge in [-0.1, -0.05) is 0 Å². The molecule has 1 aliphatic heterocycles. The molecule has 0 amide bonds. The van der Waals surface area contributed by atoms with Gasteiger partial charge < -0.3 is 15.2 Å². The van der Waals surface area contributed by atoms with E-state index in [1.807, 2.05) is 30.2 Å². The van der Waals surface area contributed by atoms with Crippen LogP contribution in [0.25, 0.3) is 11.0 Å². The highest BCUT2D eigenvalue weighted by Gasteiger charge is 2.20. The fourth-order valence-electron chi connectivity index (χ4n) is 2.48. The molecule has 0 unspecified atom stereocenters. The molecular formula is C12H17N5. The molecule has 1 saturated heterocycles. The van der Waals surface area contributed by atoms with Gasteiger partial charge in [0, 0.05) is 32.4 Å². The fraction of sp³-hybridized carbons (Fsp3) is 0.500. The van der Waals surface area contributed by atoms with Crippen molar-refractivity contribution < 1.29 is 0 Å². The zero-order chi connectivity index (χ0) is 11.8. The van der Waals surface area contributed by atoms with Crippen molar-refractivity contribution in [3.63, 3.8) is 0 Å². The fourth-order valence-corrected chi connectivity index (χ4v) is 2.48. The molecule has 17 heavy (non-hydrogen) atoms. The molecule has 0 aliphatic carbocycles. The van der Waals surface area contributed by atoms with E-state index in [0.29, 0.717) is 0 Å². The lowest BCUT2D eigenvalue weighted by molar-refractivity contribution is 0.504. The average molecular weight is 231 g/mol. The summed E-state index contributed by atoms with van der Waals surface area (Å²) in [5.74, 6) is 0.971. The number of anilines is 1. The second-order valence-corrected chi connectivity index (χ2v) is 4.71. The van der Waals surface area contributed by atoms with E-state index < -0.39 is 0 Å². The molecule has 0 bridgehead atoms. The van der Waals surface area contributed by atoms with Gasteiger partial charge in [-0.15, -0.1) is 0 Å². The number of nitrogens with zero attached hydrogens (tertiary/aromatic N) is 4. The van der Waals surface area contributed by atoms with Crippen molar-refractivity contribution >= 4 is 16.9 Å². The predicted octanol–water partition coefficient (Wildman–Crippen LogP) is 0.896. The lowest BCUT2D eigenvalue weighted by Crippen LogP contribution is -2.43. The number of imidazole rings is 1. The standard InChI is InChI=1S/C12H17N5/c1-16-8-15-11-10(16)4-5-14-12(11)17-6-2-3-9(13)7-17/h4-5,8-9H,2-3,6-7,13H2,1H3/t9-/m1/s1. The Kier molecular flexibility index (Phi) is 2.48. The summed E-state index contributed by atoms with van der Waals surface area (Å²) in [6, 6.07) is 2.25. The molecule has 0 saturated carbocycles. The Balaban J connectivity index is 2.04. The Bertz CT molecular complexity index is 533. The van der Waals surface area contributed by atoms with E-state index in [-0.39, 0.29) is 6.04 Å². The summed E-state index contributed by atoms with van der Waals surface area (Å²) in [5.41, 5.74) is 8.11. The van der Waals surface area contributed by atoms with Gasteiger partial charge >= 0.3 is 0 Å². The highest BCUT2D eigenvalue weighted by molar-refractivity contribution is 5.86. The first-order valence-corrected chi connectivity index (χ1v) is 6.02. The number of piperidine rings is 1. The summed E-state index contributed by atoms with van der Waals surface area (Å²) in [6.07, 6.45) is 5.92. The first-order chi connectivity index (χ1) is 8.25. The predicted molar refractivity (Wildman–Crippen MR) is 67.9 cm³/mol. The van der Waals surface area contributed by atoms with Crippen LogP contribution in [0.5, 0.6) is 0 Å². The largest absolute Gasteiger partial charge is 0.353 e. The van der Waals surface area contributed by atoms with Crippen LogP contribution in [0.2, 0.25) is 0 Å². The number of aryl methyl sites for hydroxylation is 1. The number of hydrogen-bond acceptors (Lipinski definition) is 4. The van der Waals surface area contributed by atoms with Gasteiger partial charge in [-0.3, -0.25) is 0 Å². The molecule has 5 heteroatoms. The summed E-state index contributed by atoms with van der Waals surface area (Å²) < 4.78 is 2.02. The normalized spacial score (nSPS) is 21.1. The van der Waals surface area contributed by atoms with Crippen LogP contribution in [0.4, 0.5) is 5.82 Å². The van der Waals surface area contributed by atoms with Crippen molar-refractivity contribution in [2.75, 3.05) is 18.0 Å². The third kappa shape index (κ3) is 1.76. The van der Waals surface area contributed by atoms with Crippen molar-refractivity contribution in [1.29, 1.82) is 0 Å². The third-order valence-corrected chi connectivity index (χ3v) is 3.38. The van der Waals surface area contributed by atoms with Crippen LogP contribution in [-0.4, -0.2) is 33.7 Å². The minimum atomic E-state index is 0.254. The highest BCUT2D eigenvalue weighted by Crippen LogP contribution is 2.24. The van der Waals surface area contributed by atoms with Crippen LogP contribution in [0.1, 0.15) is 12.8 Å². The molecule has 1 atom stereocenters. The topological polar surface area (TPSA) is 60.0 Å². The molecule has 2 aromatic heterocycles. The quantitative estimate of drug-likeness (QED) is 0.792. The van der Waals surface area contributed by atoms with Crippen LogP contribution in [0.15, 0.2) is 18.6 Å². The van der Waals surface area contributed by atoms with E-state index in [2.05, 4.69) is 14.9 Å². The molecule has 2 N–H and O–H groups in total. The SMILES string of the molecule is Cn1cnc2c(N3CCC[C@@H](N)C3)nccc21. The molecular weight excluding hydrogens is 214 g/mol. The van der Waals surface area contributed by atoms with E-state index in [1.165, 1.54) is 0 Å². The summed E-state index contributed by atoms with van der Waals surface area (Å²) >= 11 is 0. The van der Waals surface area contributed by atoms with Gasteiger partial charge in [-0.2, -0.15) is 0 Å². The summed E-state index contributed by atoms with van der Waals surface area (Å²) in [5, 5.41) is 0.